The monoisotopic (exact) mass is 769 g/mol. The molecule has 0 radical (unpaired) electrons. The third-order valence-corrected chi connectivity index (χ3v) is 11.5. The molecule has 2 saturated heterocycles. The van der Waals surface area contributed by atoms with Crippen LogP contribution in [0.15, 0.2) is 60.2 Å². The number of methoxy groups -OCH3 is 1. The van der Waals surface area contributed by atoms with Gasteiger partial charge in [0.05, 0.1) is 36.4 Å². The number of allylic oxidation sites excluding steroid dienone is 2. The van der Waals surface area contributed by atoms with Gasteiger partial charge in [-0.3, -0.25) is 9.59 Å². The molecule has 0 amide bonds. The van der Waals surface area contributed by atoms with Crippen molar-refractivity contribution in [1.29, 1.82) is 0 Å². The molecular formula is C43H67N3O9. The van der Waals surface area contributed by atoms with Crippen molar-refractivity contribution in [2.24, 2.45) is 11.8 Å². The Hall–Kier alpha value is -3.10. The fourth-order valence-electron chi connectivity index (χ4n) is 7.79. The zero-order chi connectivity index (χ0) is 40.5. The van der Waals surface area contributed by atoms with Crippen molar-refractivity contribution in [2.75, 3.05) is 45.2 Å². The van der Waals surface area contributed by atoms with Gasteiger partial charge in [0.15, 0.2) is 0 Å². The van der Waals surface area contributed by atoms with Crippen LogP contribution in [0.3, 0.4) is 0 Å². The average Bonchev–Trinajstić information content (AvgIpc) is 3.92. The van der Waals surface area contributed by atoms with E-state index in [-0.39, 0.29) is 49.4 Å². The second-order valence-corrected chi connectivity index (χ2v) is 16.4. The lowest BCUT2D eigenvalue weighted by molar-refractivity contribution is -0.157. The molecule has 0 saturated carbocycles. The van der Waals surface area contributed by atoms with Gasteiger partial charge in [-0.2, -0.15) is 0 Å². The summed E-state index contributed by atoms with van der Waals surface area (Å²) in [6, 6.07) is 8.14. The first-order valence-electron chi connectivity index (χ1n) is 19.9. The van der Waals surface area contributed by atoms with Crippen LogP contribution in [0.1, 0.15) is 79.7 Å². The summed E-state index contributed by atoms with van der Waals surface area (Å²) in [5.41, 5.74) is 0.208. The minimum atomic E-state index is -1.46. The van der Waals surface area contributed by atoms with Gasteiger partial charge in [0.25, 0.3) is 0 Å². The molecule has 3 aliphatic rings. The lowest BCUT2D eigenvalue weighted by atomic mass is 9.87. The van der Waals surface area contributed by atoms with E-state index < -0.39 is 47.5 Å². The van der Waals surface area contributed by atoms with Crippen molar-refractivity contribution in [3.8, 4) is 0 Å². The van der Waals surface area contributed by atoms with E-state index in [9.17, 15) is 24.9 Å². The second kappa shape index (κ2) is 19.9. The van der Waals surface area contributed by atoms with E-state index in [1.54, 1.807) is 51.3 Å². The molecule has 3 unspecified atom stereocenters. The summed E-state index contributed by atoms with van der Waals surface area (Å²) in [5.74, 6) is -1.36. The molecule has 3 heterocycles. The van der Waals surface area contributed by atoms with Gasteiger partial charge >= 0.3 is 11.9 Å². The maximum absolute atomic E-state index is 13.0. The number of carbonyl (C=O) groups excluding carboxylic acids is 2. The average molecular weight is 770 g/mol. The van der Waals surface area contributed by atoms with Crippen LogP contribution in [0.4, 0.5) is 5.69 Å². The van der Waals surface area contributed by atoms with E-state index in [0.29, 0.717) is 12.1 Å². The molecule has 0 aliphatic carbocycles. The van der Waals surface area contributed by atoms with E-state index in [2.05, 4.69) is 60.3 Å². The van der Waals surface area contributed by atoms with Crippen molar-refractivity contribution in [3.05, 3.63) is 65.8 Å². The Balaban J connectivity index is 1.54. The van der Waals surface area contributed by atoms with Crippen molar-refractivity contribution >= 4 is 17.6 Å². The highest BCUT2D eigenvalue weighted by atomic mass is 16.6. The summed E-state index contributed by atoms with van der Waals surface area (Å²) in [4.78, 5) is 29.6. The number of hydrogen-bond donors (Lipinski definition) is 4. The molecule has 2 fully saturated rings. The zero-order valence-corrected chi connectivity index (χ0v) is 34.4. The summed E-state index contributed by atoms with van der Waals surface area (Å²) in [6.45, 7) is 17.1. The van der Waals surface area contributed by atoms with Crippen LogP contribution in [-0.2, 0) is 35.1 Å². The number of rotatable bonds is 14. The van der Waals surface area contributed by atoms with Crippen molar-refractivity contribution in [1.82, 2.24) is 10.2 Å². The highest BCUT2D eigenvalue weighted by Crippen LogP contribution is 2.39. The number of aliphatic hydroxyl groups is 3. The van der Waals surface area contributed by atoms with Crippen LogP contribution >= 0.6 is 0 Å². The number of aliphatic hydroxyl groups excluding tert-OH is 1. The molecule has 308 valence electrons. The minimum Gasteiger partial charge on any atom is -0.457 e. The van der Waals surface area contributed by atoms with Gasteiger partial charge in [-0.15, -0.1) is 0 Å². The number of hydrogen-bond acceptors (Lipinski definition) is 12. The number of benzene rings is 1. The molecule has 1 aromatic rings. The van der Waals surface area contributed by atoms with E-state index in [1.807, 2.05) is 13.8 Å². The Labute approximate surface area is 328 Å². The first-order valence-corrected chi connectivity index (χ1v) is 19.9. The summed E-state index contributed by atoms with van der Waals surface area (Å²) < 4.78 is 23.4. The molecule has 55 heavy (non-hydrogen) atoms. The van der Waals surface area contributed by atoms with Gasteiger partial charge < -0.3 is 49.4 Å². The van der Waals surface area contributed by atoms with Gasteiger partial charge in [0.2, 0.25) is 0 Å². The normalized spacial score (nSPS) is 32.0. The van der Waals surface area contributed by atoms with Crippen molar-refractivity contribution in [2.45, 2.75) is 135 Å². The number of ether oxygens (including phenoxy) is 4. The number of anilines is 1. The third kappa shape index (κ3) is 12.7. The van der Waals surface area contributed by atoms with Gasteiger partial charge in [0.1, 0.15) is 23.9 Å². The van der Waals surface area contributed by atoms with Gasteiger partial charge in [-0.25, -0.2) is 0 Å². The number of cyclic esters (lactones) is 1. The van der Waals surface area contributed by atoms with Crippen LogP contribution < -0.4 is 10.2 Å². The number of likely N-dealkylation sites (N-methyl/N-ethyl adjacent to an activating group) is 1. The standard InChI is InChI=1S/C43H67N3O9/c1-10-35(52-9)30(4)39-40(55-39)41(44-27-32-14-16-33(17-15-32)46-24-22-45(8)23-25-46)43(7,51)20-11-12-28(2)38-29(3)13-18-36(53-31(5)47)42(6,50)21-19-34(48)26-37(49)54-38/h11-18,20,29-30,34-36,38-41,44,48,50-51H,10,19,21-27H2,1-9H3/b18-13+,20-11+,28-12+/t29-,30+,34+,35-,36-,38?,39+,40-,41?,42+,43?/m0/s1. The van der Waals surface area contributed by atoms with Crippen molar-refractivity contribution < 1.29 is 43.9 Å². The zero-order valence-electron chi connectivity index (χ0n) is 34.4. The van der Waals surface area contributed by atoms with Gasteiger partial charge in [-0.05, 0) is 76.4 Å². The lowest BCUT2D eigenvalue weighted by Crippen LogP contribution is -2.52. The molecule has 0 bridgehead atoms. The summed E-state index contributed by atoms with van der Waals surface area (Å²) in [5, 5.41) is 37.4. The molecular weight excluding hydrogens is 702 g/mol. The molecule has 4 rings (SSSR count). The Morgan fingerprint density at radius 1 is 1.15 bits per heavy atom. The van der Waals surface area contributed by atoms with E-state index >= 15 is 0 Å². The molecule has 12 nitrogen and oxygen atoms in total. The van der Waals surface area contributed by atoms with Crippen LogP contribution in [0.25, 0.3) is 0 Å². The quantitative estimate of drug-likeness (QED) is 0.0924. The molecule has 0 spiro atoms. The third-order valence-electron chi connectivity index (χ3n) is 11.5. The highest BCUT2D eigenvalue weighted by Gasteiger charge is 2.54. The predicted octanol–water partition coefficient (Wildman–Crippen LogP) is 4.31. The van der Waals surface area contributed by atoms with Gasteiger partial charge in [0, 0.05) is 64.3 Å². The van der Waals surface area contributed by atoms with Crippen LogP contribution in [-0.4, -0.2) is 126 Å². The fourth-order valence-corrected chi connectivity index (χ4v) is 7.79. The van der Waals surface area contributed by atoms with Crippen LogP contribution in [0, 0.1) is 11.8 Å². The topological polar surface area (TPSA) is 154 Å². The summed E-state index contributed by atoms with van der Waals surface area (Å²) >= 11 is 0. The van der Waals surface area contributed by atoms with Gasteiger partial charge in [-0.1, -0.05) is 57.2 Å². The molecule has 4 N–H and O–H groups in total. The number of esters is 2. The van der Waals surface area contributed by atoms with Crippen molar-refractivity contribution in [3.63, 3.8) is 0 Å². The van der Waals surface area contributed by atoms with Crippen LogP contribution in [0.2, 0.25) is 0 Å². The minimum absolute atomic E-state index is 0.0325. The molecule has 3 aliphatic heterocycles. The maximum atomic E-state index is 13.0. The van der Waals surface area contributed by atoms with E-state index in [4.69, 9.17) is 18.9 Å². The highest BCUT2D eigenvalue weighted by molar-refractivity contribution is 5.70. The number of nitrogens with one attached hydrogen (secondary N) is 1. The number of carbonyl (C=O) groups is 2. The summed E-state index contributed by atoms with van der Waals surface area (Å²) in [7, 11) is 3.87. The number of nitrogens with zero attached hydrogens (tertiary/aromatic N) is 2. The first kappa shape index (κ1) is 44.6. The van der Waals surface area contributed by atoms with Crippen LogP contribution in [0.5, 0.6) is 0 Å². The summed E-state index contributed by atoms with van der Waals surface area (Å²) in [6.07, 6.45) is 6.49. The lowest BCUT2D eigenvalue weighted by Gasteiger charge is -2.34. The Morgan fingerprint density at radius 3 is 2.44 bits per heavy atom. The molecule has 1 aromatic carbocycles. The largest absolute Gasteiger partial charge is 0.457 e. The molecule has 11 atom stereocenters. The Bertz CT molecular complexity index is 1480. The molecule has 12 heteroatoms. The number of epoxide rings is 1. The molecule has 0 aromatic heterocycles. The Kier molecular flexibility index (Phi) is 16.1. The maximum Gasteiger partial charge on any atom is 0.309 e. The van der Waals surface area contributed by atoms with E-state index in [0.717, 1.165) is 38.2 Å². The first-order chi connectivity index (χ1) is 25.9. The second-order valence-electron chi connectivity index (χ2n) is 16.4. The van der Waals surface area contributed by atoms with E-state index in [1.165, 1.54) is 12.6 Å². The fraction of sp³-hybridized carbons (Fsp3) is 0.674. The SMILES string of the molecule is CC[C@H](OC)[C@@H](C)[C@H]1O[C@@H]1C(NCc1ccc(N2CCN(C)CC2)cc1)C(C)(O)/C=C/C=C(\C)C1OC(=O)C[C@H](O)CC[C@@](C)(O)[C@@H](OC(C)=O)/C=C/[C@@H]1C. The predicted molar refractivity (Wildman–Crippen MR) is 213 cm³/mol. The Morgan fingerprint density at radius 2 is 1.82 bits per heavy atom. The smallest absolute Gasteiger partial charge is 0.309 e. The number of piperazine rings is 1.